The van der Waals surface area contributed by atoms with Gasteiger partial charge in [0, 0.05) is 16.9 Å². The molecule has 146 valence electrons. The third-order valence-corrected chi connectivity index (χ3v) is 3.65. The largest absolute Gasteiger partial charge is 0.454 e. The Bertz CT molecular complexity index is 850. The van der Waals surface area contributed by atoms with Gasteiger partial charge in [-0.2, -0.15) is 0 Å². The maximum Gasteiger partial charge on any atom is 0.328 e. The summed E-state index contributed by atoms with van der Waals surface area (Å²) >= 11 is 0. The number of anilines is 2. The Morgan fingerprint density at radius 1 is 0.893 bits per heavy atom. The zero-order valence-corrected chi connectivity index (χ0v) is 15.5. The van der Waals surface area contributed by atoms with Gasteiger partial charge in [-0.25, -0.2) is 9.59 Å². The van der Waals surface area contributed by atoms with Crippen molar-refractivity contribution in [3.05, 3.63) is 60.2 Å². The van der Waals surface area contributed by atoms with Crippen LogP contribution < -0.4 is 16.0 Å². The Labute approximate surface area is 162 Å². The van der Waals surface area contributed by atoms with Crippen LogP contribution in [0.4, 0.5) is 16.2 Å². The maximum atomic E-state index is 11.9. The highest BCUT2D eigenvalue weighted by atomic mass is 16.5. The first-order valence-electron chi connectivity index (χ1n) is 8.55. The number of carbonyl (C=O) groups is 4. The molecule has 1 atom stereocenters. The molecule has 0 unspecified atom stereocenters. The van der Waals surface area contributed by atoms with E-state index in [0.29, 0.717) is 16.9 Å². The topological polar surface area (TPSA) is 114 Å². The van der Waals surface area contributed by atoms with Crippen LogP contribution in [0.2, 0.25) is 0 Å². The minimum Gasteiger partial charge on any atom is -0.454 e. The number of para-hydroxylation sites is 1. The molecule has 0 aliphatic heterocycles. The van der Waals surface area contributed by atoms with Gasteiger partial charge in [0.1, 0.15) is 6.04 Å². The predicted octanol–water partition coefficient (Wildman–Crippen LogP) is 2.58. The number of rotatable bonds is 7. The Hall–Kier alpha value is -3.68. The predicted molar refractivity (Wildman–Crippen MR) is 104 cm³/mol. The number of benzene rings is 2. The Kier molecular flexibility index (Phi) is 7.27. The maximum absolute atomic E-state index is 11.9. The Balaban J connectivity index is 1.74. The number of amides is 3. The van der Waals surface area contributed by atoms with Crippen molar-refractivity contribution in [2.24, 2.45) is 0 Å². The molecular weight excluding hydrogens is 362 g/mol. The number of urea groups is 1. The lowest BCUT2D eigenvalue weighted by molar-refractivity contribution is -0.148. The summed E-state index contributed by atoms with van der Waals surface area (Å²) in [6.45, 7) is 2.40. The summed E-state index contributed by atoms with van der Waals surface area (Å²) in [7, 11) is 0. The Morgan fingerprint density at radius 3 is 2.11 bits per heavy atom. The van der Waals surface area contributed by atoms with Crippen LogP contribution in [0.15, 0.2) is 54.6 Å². The lowest BCUT2D eigenvalue weighted by Crippen LogP contribution is -2.42. The van der Waals surface area contributed by atoms with Crippen LogP contribution in [0.1, 0.15) is 24.2 Å². The van der Waals surface area contributed by atoms with Crippen molar-refractivity contribution in [3.8, 4) is 0 Å². The van der Waals surface area contributed by atoms with E-state index >= 15 is 0 Å². The van der Waals surface area contributed by atoms with Gasteiger partial charge in [0.05, 0.1) is 0 Å². The number of nitrogens with one attached hydrogen (secondary N) is 3. The molecule has 0 aliphatic rings. The third-order valence-electron chi connectivity index (χ3n) is 3.65. The number of carbonyl (C=O) groups excluding carboxylic acids is 4. The van der Waals surface area contributed by atoms with E-state index in [1.807, 2.05) is 6.07 Å². The van der Waals surface area contributed by atoms with Crippen molar-refractivity contribution in [2.45, 2.75) is 19.9 Å². The quantitative estimate of drug-likeness (QED) is 0.502. The second-order valence-electron chi connectivity index (χ2n) is 5.98. The highest BCUT2D eigenvalue weighted by Gasteiger charge is 2.18. The van der Waals surface area contributed by atoms with E-state index < -0.39 is 30.6 Å². The van der Waals surface area contributed by atoms with E-state index in [4.69, 9.17) is 4.74 Å². The number of hydrogen-bond acceptors (Lipinski definition) is 5. The summed E-state index contributed by atoms with van der Waals surface area (Å²) in [5, 5.41) is 7.56. The van der Waals surface area contributed by atoms with E-state index in [1.54, 1.807) is 48.5 Å². The molecule has 0 saturated carbocycles. The molecule has 0 saturated heterocycles. The molecule has 28 heavy (non-hydrogen) atoms. The van der Waals surface area contributed by atoms with E-state index in [-0.39, 0.29) is 5.78 Å². The van der Waals surface area contributed by atoms with Gasteiger partial charge in [0.2, 0.25) is 0 Å². The van der Waals surface area contributed by atoms with Gasteiger partial charge in [0.15, 0.2) is 12.4 Å². The minimum atomic E-state index is -0.939. The van der Waals surface area contributed by atoms with Gasteiger partial charge in [-0.3, -0.25) is 9.59 Å². The second-order valence-corrected chi connectivity index (χ2v) is 5.98. The van der Waals surface area contributed by atoms with Gasteiger partial charge in [0.25, 0.3) is 5.91 Å². The number of ether oxygens (including phenoxy) is 1. The number of hydrogen-bond donors (Lipinski definition) is 3. The molecule has 0 aliphatic carbocycles. The van der Waals surface area contributed by atoms with E-state index in [9.17, 15) is 19.2 Å². The smallest absolute Gasteiger partial charge is 0.328 e. The molecule has 3 N–H and O–H groups in total. The molecule has 0 aromatic heterocycles. The van der Waals surface area contributed by atoms with Crippen molar-refractivity contribution >= 4 is 35.1 Å². The molecule has 2 aromatic carbocycles. The molecule has 0 radical (unpaired) electrons. The van der Waals surface area contributed by atoms with Crippen molar-refractivity contribution in [2.75, 3.05) is 17.2 Å². The van der Waals surface area contributed by atoms with Crippen LogP contribution in [-0.2, 0) is 14.3 Å². The summed E-state index contributed by atoms with van der Waals surface area (Å²) < 4.78 is 4.90. The lowest BCUT2D eigenvalue weighted by atomic mass is 10.1. The van der Waals surface area contributed by atoms with Crippen LogP contribution in [0.25, 0.3) is 0 Å². The van der Waals surface area contributed by atoms with Gasteiger partial charge < -0.3 is 20.7 Å². The third kappa shape index (κ3) is 6.56. The van der Waals surface area contributed by atoms with E-state index in [1.165, 1.54) is 13.8 Å². The number of ketones is 1. The molecule has 3 amide bonds. The molecule has 0 spiro atoms. The zero-order chi connectivity index (χ0) is 20.5. The highest BCUT2D eigenvalue weighted by molar-refractivity contribution is 5.96. The summed E-state index contributed by atoms with van der Waals surface area (Å²) in [5.41, 5.74) is 1.58. The van der Waals surface area contributed by atoms with Gasteiger partial charge in [-0.05, 0) is 50.2 Å². The second kappa shape index (κ2) is 9.86. The highest BCUT2D eigenvalue weighted by Crippen LogP contribution is 2.10. The average molecular weight is 383 g/mol. The summed E-state index contributed by atoms with van der Waals surface area (Å²) in [6.07, 6.45) is 0. The Morgan fingerprint density at radius 2 is 1.50 bits per heavy atom. The first kappa shape index (κ1) is 20.6. The molecule has 2 aromatic rings. The monoisotopic (exact) mass is 383 g/mol. The molecular formula is C20H21N3O5. The van der Waals surface area contributed by atoms with E-state index in [2.05, 4.69) is 16.0 Å². The van der Waals surface area contributed by atoms with Gasteiger partial charge >= 0.3 is 12.0 Å². The fourth-order valence-electron chi connectivity index (χ4n) is 2.19. The van der Waals surface area contributed by atoms with Crippen LogP contribution >= 0.6 is 0 Å². The van der Waals surface area contributed by atoms with Crippen LogP contribution in [-0.4, -0.2) is 36.3 Å². The van der Waals surface area contributed by atoms with Gasteiger partial charge in [-0.15, -0.1) is 0 Å². The van der Waals surface area contributed by atoms with Crippen LogP contribution in [0.5, 0.6) is 0 Å². The number of esters is 1. The molecule has 8 nitrogen and oxygen atoms in total. The molecule has 0 bridgehead atoms. The van der Waals surface area contributed by atoms with E-state index in [0.717, 1.165) is 0 Å². The molecule has 2 rings (SSSR count). The average Bonchev–Trinajstić information content (AvgIpc) is 2.67. The fourth-order valence-corrected chi connectivity index (χ4v) is 2.19. The molecule has 0 fully saturated rings. The summed E-state index contributed by atoms with van der Waals surface area (Å²) in [4.78, 5) is 46.9. The molecule has 0 heterocycles. The first-order chi connectivity index (χ1) is 13.3. The normalized spacial score (nSPS) is 11.1. The zero-order valence-electron chi connectivity index (χ0n) is 15.5. The minimum absolute atomic E-state index is 0.0791. The fraction of sp³-hybridized carbons (Fsp3) is 0.200. The van der Waals surface area contributed by atoms with Crippen molar-refractivity contribution in [3.63, 3.8) is 0 Å². The lowest BCUT2D eigenvalue weighted by Gasteiger charge is -2.14. The first-order valence-corrected chi connectivity index (χ1v) is 8.55. The van der Waals surface area contributed by atoms with Crippen molar-refractivity contribution < 1.29 is 23.9 Å². The summed E-state index contributed by atoms with van der Waals surface area (Å²) in [6, 6.07) is 13.6. The van der Waals surface area contributed by atoms with Crippen molar-refractivity contribution in [1.82, 2.24) is 5.32 Å². The summed E-state index contributed by atoms with van der Waals surface area (Å²) in [5.74, 6) is -1.36. The van der Waals surface area contributed by atoms with Crippen LogP contribution in [0.3, 0.4) is 0 Å². The van der Waals surface area contributed by atoms with Gasteiger partial charge in [-0.1, -0.05) is 18.2 Å². The van der Waals surface area contributed by atoms with Crippen molar-refractivity contribution in [1.29, 1.82) is 0 Å². The SMILES string of the molecule is CC(=O)c1ccc(NC(=O)COC(=O)[C@H](C)NC(=O)Nc2ccccc2)cc1. The molecule has 8 heteroatoms. The number of Topliss-reactive ketones (excluding diaryl/α,β-unsaturated/α-hetero) is 1. The van der Waals surface area contributed by atoms with Crippen LogP contribution in [0, 0.1) is 0 Å². The standard InChI is InChI=1S/C20H21N3O5/c1-13(21-20(27)23-16-6-4-3-5-7-16)19(26)28-12-18(25)22-17-10-8-15(9-11-17)14(2)24/h3-11,13H,12H2,1-2H3,(H,22,25)(H2,21,23,27)/t13-/m0/s1.